The van der Waals surface area contributed by atoms with Crippen LogP contribution in [0, 0.1) is 0 Å². The van der Waals surface area contributed by atoms with Gasteiger partial charge in [-0.2, -0.15) is 0 Å². The highest BCUT2D eigenvalue weighted by Gasteiger charge is 2.34. The molecule has 30 heavy (non-hydrogen) atoms. The summed E-state index contributed by atoms with van der Waals surface area (Å²) in [6, 6.07) is 10.9. The number of nitrogens with zero attached hydrogens (tertiary/aromatic N) is 6. The second kappa shape index (κ2) is 6.48. The number of fused-ring (bicyclic) bond motifs is 3. The minimum Gasteiger partial charge on any atom is -0.328 e. The molecular formula is C22H20N6O2. The highest BCUT2D eigenvalue weighted by atomic mass is 16.2. The number of carbonyl (C=O) groups excluding carboxylic acids is 1. The number of pyridine rings is 1. The van der Waals surface area contributed by atoms with Gasteiger partial charge in [0.1, 0.15) is 5.82 Å². The van der Waals surface area contributed by atoms with Gasteiger partial charge in [0.25, 0.3) is 11.5 Å². The van der Waals surface area contributed by atoms with Crippen LogP contribution in [-0.4, -0.2) is 41.5 Å². The number of benzene rings is 1. The smallest absolute Gasteiger partial charge is 0.261 e. The van der Waals surface area contributed by atoms with Gasteiger partial charge in [0.05, 0.1) is 16.9 Å². The fraction of sp³-hybridized carbons (Fsp3) is 0.318. The standard InChI is InChI=1S/C22H20N6O2/c29-21(14-8-9-15-16(13-14)23-18-7-4-12-28(18)22(15)30)26-11-3-5-17(26)20-25-24-19-6-1-2-10-27(19)20/h1-2,6,8-10,13,17H,3-5,7,11-12H2/t17-/m1/s1. The molecule has 1 aromatic carbocycles. The van der Waals surface area contributed by atoms with Gasteiger partial charge < -0.3 is 4.90 Å². The molecule has 4 aromatic rings. The third kappa shape index (κ3) is 2.49. The number of amides is 1. The highest BCUT2D eigenvalue weighted by Crippen LogP contribution is 2.32. The Kier molecular flexibility index (Phi) is 3.74. The highest BCUT2D eigenvalue weighted by molar-refractivity contribution is 5.98. The Morgan fingerprint density at radius 3 is 2.93 bits per heavy atom. The second-order valence-corrected chi connectivity index (χ2v) is 7.96. The summed E-state index contributed by atoms with van der Waals surface area (Å²) in [6.45, 7) is 1.39. The molecule has 6 rings (SSSR count). The van der Waals surface area contributed by atoms with Crippen molar-refractivity contribution in [2.75, 3.05) is 6.54 Å². The van der Waals surface area contributed by atoms with E-state index in [1.54, 1.807) is 22.8 Å². The minimum atomic E-state index is -0.121. The maximum Gasteiger partial charge on any atom is 0.261 e. The predicted molar refractivity (Wildman–Crippen MR) is 110 cm³/mol. The molecule has 2 aliphatic heterocycles. The summed E-state index contributed by atoms with van der Waals surface area (Å²) in [4.78, 5) is 32.6. The lowest BCUT2D eigenvalue weighted by Gasteiger charge is -2.23. The number of rotatable bonds is 2. The van der Waals surface area contributed by atoms with Gasteiger partial charge in [-0.3, -0.25) is 18.6 Å². The first kappa shape index (κ1) is 17.3. The summed E-state index contributed by atoms with van der Waals surface area (Å²) in [5, 5.41) is 9.18. The number of aromatic nitrogens is 5. The van der Waals surface area contributed by atoms with E-state index < -0.39 is 0 Å². The zero-order chi connectivity index (χ0) is 20.2. The molecular weight excluding hydrogens is 380 g/mol. The molecule has 1 atom stereocenters. The van der Waals surface area contributed by atoms with Crippen LogP contribution in [0.5, 0.6) is 0 Å². The van der Waals surface area contributed by atoms with Gasteiger partial charge in [0.15, 0.2) is 11.5 Å². The van der Waals surface area contributed by atoms with Crippen molar-refractivity contribution >= 4 is 22.5 Å². The average Bonchev–Trinajstić information content (AvgIpc) is 3.51. The van der Waals surface area contributed by atoms with Crippen LogP contribution in [0.15, 0.2) is 47.4 Å². The van der Waals surface area contributed by atoms with Gasteiger partial charge in [-0.05, 0) is 49.6 Å². The van der Waals surface area contributed by atoms with Crippen LogP contribution in [0.3, 0.4) is 0 Å². The number of aryl methyl sites for hydroxylation is 1. The van der Waals surface area contributed by atoms with Crippen molar-refractivity contribution in [3.05, 3.63) is 70.2 Å². The zero-order valence-corrected chi connectivity index (χ0v) is 16.4. The maximum absolute atomic E-state index is 13.4. The van der Waals surface area contributed by atoms with Crippen LogP contribution in [0.25, 0.3) is 16.6 Å². The van der Waals surface area contributed by atoms with Gasteiger partial charge in [-0.15, -0.1) is 10.2 Å². The van der Waals surface area contributed by atoms with Gasteiger partial charge in [0, 0.05) is 31.3 Å². The summed E-state index contributed by atoms with van der Waals surface area (Å²) in [7, 11) is 0. The Bertz CT molecular complexity index is 1370. The van der Waals surface area contributed by atoms with Crippen LogP contribution in [0.1, 0.15) is 47.3 Å². The average molecular weight is 400 g/mol. The Hall–Kier alpha value is -3.55. The Morgan fingerprint density at radius 1 is 1.07 bits per heavy atom. The molecule has 0 spiro atoms. The molecule has 150 valence electrons. The van der Waals surface area contributed by atoms with Gasteiger partial charge in [-0.25, -0.2) is 4.98 Å². The van der Waals surface area contributed by atoms with E-state index in [4.69, 9.17) is 0 Å². The van der Waals surface area contributed by atoms with Gasteiger partial charge in [-0.1, -0.05) is 6.07 Å². The minimum absolute atomic E-state index is 0.0134. The molecule has 0 radical (unpaired) electrons. The molecule has 1 fully saturated rings. The third-order valence-electron chi connectivity index (χ3n) is 6.22. The van der Waals surface area contributed by atoms with Crippen molar-refractivity contribution in [3.8, 4) is 0 Å². The Labute approximate surface area is 171 Å². The molecule has 0 aliphatic carbocycles. The summed E-state index contributed by atoms with van der Waals surface area (Å²) < 4.78 is 3.69. The van der Waals surface area contributed by atoms with E-state index >= 15 is 0 Å². The molecule has 0 saturated carbocycles. The Morgan fingerprint density at radius 2 is 2.00 bits per heavy atom. The first-order valence-electron chi connectivity index (χ1n) is 10.3. The molecule has 0 N–H and O–H groups in total. The lowest BCUT2D eigenvalue weighted by molar-refractivity contribution is 0.0729. The van der Waals surface area contributed by atoms with Gasteiger partial charge in [0.2, 0.25) is 0 Å². The zero-order valence-electron chi connectivity index (χ0n) is 16.4. The molecule has 5 heterocycles. The van der Waals surface area contributed by atoms with Crippen LogP contribution in [-0.2, 0) is 13.0 Å². The lowest BCUT2D eigenvalue weighted by atomic mass is 10.1. The van der Waals surface area contributed by atoms with Crippen molar-refractivity contribution in [3.63, 3.8) is 0 Å². The first-order chi connectivity index (χ1) is 14.7. The van der Waals surface area contributed by atoms with Crippen LogP contribution in [0.4, 0.5) is 0 Å². The summed E-state index contributed by atoms with van der Waals surface area (Å²) >= 11 is 0. The first-order valence-corrected chi connectivity index (χ1v) is 10.3. The van der Waals surface area contributed by atoms with Crippen LogP contribution in [0.2, 0.25) is 0 Å². The Balaban J connectivity index is 1.39. The van der Waals surface area contributed by atoms with Crippen molar-refractivity contribution in [2.45, 2.75) is 38.3 Å². The molecule has 1 saturated heterocycles. The molecule has 8 nitrogen and oxygen atoms in total. The van der Waals surface area contributed by atoms with E-state index in [9.17, 15) is 9.59 Å². The monoisotopic (exact) mass is 400 g/mol. The van der Waals surface area contributed by atoms with Crippen molar-refractivity contribution in [1.82, 2.24) is 29.0 Å². The van der Waals surface area contributed by atoms with Crippen molar-refractivity contribution < 1.29 is 4.79 Å². The number of hydrogen-bond acceptors (Lipinski definition) is 5. The fourth-order valence-electron chi connectivity index (χ4n) is 4.75. The summed E-state index contributed by atoms with van der Waals surface area (Å²) in [5.74, 6) is 1.53. The SMILES string of the molecule is O=C(c1ccc2c(=O)n3c(nc2c1)CCC3)N1CCC[C@@H]1c1nnc2ccccn12. The van der Waals surface area contributed by atoms with E-state index in [1.807, 2.05) is 33.7 Å². The third-order valence-corrected chi connectivity index (χ3v) is 6.22. The number of likely N-dealkylation sites (tertiary alicyclic amines) is 1. The van der Waals surface area contributed by atoms with Crippen LogP contribution >= 0.6 is 0 Å². The topological polar surface area (TPSA) is 85.4 Å². The van der Waals surface area contributed by atoms with E-state index in [0.717, 1.165) is 49.5 Å². The maximum atomic E-state index is 13.4. The summed E-state index contributed by atoms with van der Waals surface area (Å²) in [6.07, 6.45) is 5.43. The van der Waals surface area contributed by atoms with Crippen molar-refractivity contribution in [2.24, 2.45) is 0 Å². The second-order valence-electron chi connectivity index (χ2n) is 7.96. The van der Waals surface area contributed by atoms with Gasteiger partial charge >= 0.3 is 0 Å². The molecule has 8 heteroatoms. The molecule has 1 amide bonds. The normalized spacial score (nSPS) is 18.4. The molecule has 2 aliphatic rings. The molecule has 3 aromatic heterocycles. The quantitative estimate of drug-likeness (QED) is 0.516. The van der Waals surface area contributed by atoms with Crippen molar-refractivity contribution in [1.29, 1.82) is 0 Å². The number of hydrogen-bond donors (Lipinski definition) is 0. The summed E-state index contributed by atoms with van der Waals surface area (Å²) in [5.41, 5.74) is 1.91. The van der Waals surface area contributed by atoms with E-state index in [0.29, 0.717) is 23.0 Å². The lowest BCUT2D eigenvalue weighted by Crippen LogP contribution is -2.31. The number of carbonyl (C=O) groups is 1. The van der Waals surface area contributed by atoms with E-state index in [-0.39, 0.29) is 17.5 Å². The van der Waals surface area contributed by atoms with E-state index in [1.165, 1.54) is 0 Å². The largest absolute Gasteiger partial charge is 0.328 e. The molecule has 0 bridgehead atoms. The predicted octanol–water partition coefficient (Wildman–Crippen LogP) is 2.36. The fourth-order valence-corrected chi connectivity index (χ4v) is 4.75. The van der Waals surface area contributed by atoms with Crippen LogP contribution < -0.4 is 5.56 Å². The molecule has 0 unspecified atom stereocenters. The van der Waals surface area contributed by atoms with E-state index in [2.05, 4.69) is 15.2 Å².